The smallest absolute Gasteiger partial charge is 0.317 e. The number of rotatable bonds is 7. The molecule has 1 fully saturated rings. The summed E-state index contributed by atoms with van der Waals surface area (Å²) < 4.78 is 5.32. The third-order valence-corrected chi connectivity index (χ3v) is 6.13. The van der Waals surface area contributed by atoms with E-state index in [2.05, 4.69) is 10.4 Å². The number of nitrogens with one attached hydrogen (secondary N) is 1. The number of hydrogen-bond donors (Lipinski definition) is 2. The van der Waals surface area contributed by atoms with E-state index in [4.69, 9.17) is 4.74 Å². The fourth-order valence-corrected chi connectivity index (χ4v) is 4.41. The number of morpholine rings is 1. The number of carboxylic acids is 1. The van der Waals surface area contributed by atoms with Crippen LogP contribution in [0.25, 0.3) is 0 Å². The Morgan fingerprint density at radius 3 is 2.61 bits per heavy atom. The highest BCUT2D eigenvalue weighted by molar-refractivity contribution is 6.04. The first kappa shape index (κ1) is 22.9. The van der Waals surface area contributed by atoms with E-state index in [0.717, 1.165) is 37.1 Å². The lowest BCUT2D eigenvalue weighted by atomic mass is 9.89. The maximum Gasteiger partial charge on any atom is 0.317 e. The Morgan fingerprint density at radius 1 is 1.15 bits per heavy atom. The van der Waals surface area contributed by atoms with E-state index in [1.807, 2.05) is 65.5 Å². The van der Waals surface area contributed by atoms with Gasteiger partial charge < -0.3 is 15.2 Å². The van der Waals surface area contributed by atoms with Crippen molar-refractivity contribution >= 4 is 23.8 Å². The van der Waals surface area contributed by atoms with Gasteiger partial charge in [0.05, 0.1) is 39.1 Å². The number of anilines is 1. The van der Waals surface area contributed by atoms with Crippen molar-refractivity contribution in [2.45, 2.75) is 25.8 Å². The van der Waals surface area contributed by atoms with Gasteiger partial charge >= 0.3 is 5.97 Å². The average Bonchev–Trinajstić information content (AvgIpc) is 2.83. The Bertz CT molecular complexity index is 1020. The van der Waals surface area contributed by atoms with Gasteiger partial charge in [0.25, 0.3) is 5.91 Å². The summed E-state index contributed by atoms with van der Waals surface area (Å²) in [5, 5.41) is 18.6. The Kier molecular flexibility index (Phi) is 7.36. The summed E-state index contributed by atoms with van der Waals surface area (Å²) in [7, 11) is 0. The normalized spacial score (nSPS) is 18.8. The molecule has 8 heteroatoms. The maximum absolute atomic E-state index is 12.9. The summed E-state index contributed by atoms with van der Waals surface area (Å²) in [4.78, 5) is 26.1. The van der Waals surface area contributed by atoms with E-state index in [0.29, 0.717) is 31.0 Å². The van der Waals surface area contributed by atoms with Gasteiger partial charge in [-0.1, -0.05) is 25.1 Å². The quantitative estimate of drug-likeness (QED) is 0.630. The fraction of sp³-hybridized carbons (Fsp3) is 0.400. The summed E-state index contributed by atoms with van der Waals surface area (Å²) in [6, 6.07) is 13.3. The Hall–Kier alpha value is -3.23. The molecule has 2 aliphatic heterocycles. The zero-order valence-corrected chi connectivity index (χ0v) is 18.9. The SMILES string of the molecule is CCC1c2cc(C(=O)Nc3ccc(C=NN4CCOCC4)cc3)ccc2CCN1CC(=O)O. The molecule has 0 radical (unpaired) electrons. The van der Waals surface area contributed by atoms with Crippen molar-refractivity contribution in [3.8, 4) is 0 Å². The van der Waals surface area contributed by atoms with Gasteiger partial charge in [0.1, 0.15) is 0 Å². The lowest BCUT2D eigenvalue weighted by Crippen LogP contribution is -2.38. The second-order valence-electron chi connectivity index (χ2n) is 8.34. The Morgan fingerprint density at radius 2 is 1.91 bits per heavy atom. The number of aliphatic carboxylic acids is 1. The van der Waals surface area contributed by atoms with Gasteiger partial charge in [-0.2, -0.15) is 5.10 Å². The first-order valence-corrected chi connectivity index (χ1v) is 11.4. The third kappa shape index (κ3) is 5.77. The van der Waals surface area contributed by atoms with Crippen LogP contribution in [-0.4, -0.2) is 72.5 Å². The van der Waals surface area contributed by atoms with Crippen molar-refractivity contribution in [1.29, 1.82) is 0 Å². The summed E-state index contributed by atoms with van der Waals surface area (Å²) >= 11 is 0. The number of nitrogens with zero attached hydrogens (tertiary/aromatic N) is 3. The molecule has 2 aliphatic rings. The number of fused-ring (bicyclic) bond motifs is 1. The van der Waals surface area contributed by atoms with Crippen molar-refractivity contribution in [3.05, 3.63) is 64.7 Å². The van der Waals surface area contributed by atoms with Crippen LogP contribution in [0.15, 0.2) is 47.6 Å². The minimum Gasteiger partial charge on any atom is -0.480 e. The molecule has 8 nitrogen and oxygen atoms in total. The number of ether oxygens (including phenoxy) is 1. The zero-order valence-electron chi connectivity index (χ0n) is 18.9. The zero-order chi connectivity index (χ0) is 23.2. The molecule has 33 heavy (non-hydrogen) atoms. The lowest BCUT2D eigenvalue weighted by molar-refractivity contribution is -0.139. The molecule has 0 bridgehead atoms. The van der Waals surface area contributed by atoms with Crippen LogP contribution in [0.1, 0.15) is 46.4 Å². The largest absolute Gasteiger partial charge is 0.480 e. The van der Waals surface area contributed by atoms with Gasteiger partial charge in [0.15, 0.2) is 0 Å². The van der Waals surface area contributed by atoms with Gasteiger partial charge in [-0.25, -0.2) is 0 Å². The summed E-state index contributed by atoms with van der Waals surface area (Å²) in [6.07, 6.45) is 3.39. The van der Waals surface area contributed by atoms with Gasteiger partial charge in [-0.15, -0.1) is 0 Å². The first-order chi connectivity index (χ1) is 16.0. The molecule has 2 N–H and O–H groups in total. The van der Waals surface area contributed by atoms with Crippen LogP contribution in [0.4, 0.5) is 5.69 Å². The van der Waals surface area contributed by atoms with E-state index in [-0.39, 0.29) is 18.5 Å². The van der Waals surface area contributed by atoms with Crippen molar-refractivity contribution in [2.75, 3.05) is 44.7 Å². The number of hydrogen-bond acceptors (Lipinski definition) is 6. The molecule has 2 aromatic carbocycles. The van der Waals surface area contributed by atoms with Gasteiger partial charge in [-0.05, 0) is 53.8 Å². The molecule has 4 rings (SSSR count). The molecule has 1 amide bonds. The molecular weight excluding hydrogens is 420 g/mol. The summed E-state index contributed by atoms with van der Waals surface area (Å²) in [6.45, 7) is 5.74. The van der Waals surface area contributed by atoms with Crippen LogP contribution < -0.4 is 5.32 Å². The predicted molar refractivity (Wildman–Crippen MR) is 127 cm³/mol. The van der Waals surface area contributed by atoms with Crippen molar-refractivity contribution in [1.82, 2.24) is 9.91 Å². The molecule has 1 saturated heterocycles. The molecule has 2 heterocycles. The second-order valence-corrected chi connectivity index (χ2v) is 8.34. The summed E-state index contributed by atoms with van der Waals surface area (Å²) in [5.41, 5.74) is 4.47. The van der Waals surface area contributed by atoms with Crippen LogP contribution in [0.2, 0.25) is 0 Å². The monoisotopic (exact) mass is 450 g/mol. The van der Waals surface area contributed by atoms with Gasteiger partial charge in [0.2, 0.25) is 0 Å². The fourth-order valence-electron chi connectivity index (χ4n) is 4.41. The molecule has 0 spiro atoms. The Labute approximate surface area is 193 Å². The van der Waals surface area contributed by atoms with Gasteiger partial charge in [0, 0.05) is 23.8 Å². The van der Waals surface area contributed by atoms with E-state index in [9.17, 15) is 14.7 Å². The molecule has 0 aliphatic carbocycles. The first-order valence-electron chi connectivity index (χ1n) is 11.4. The van der Waals surface area contributed by atoms with E-state index >= 15 is 0 Å². The van der Waals surface area contributed by atoms with Gasteiger partial charge in [-0.3, -0.25) is 19.5 Å². The van der Waals surface area contributed by atoms with E-state index in [1.54, 1.807) is 0 Å². The number of carboxylic acid groups (broad SMARTS) is 1. The predicted octanol–water partition coefficient (Wildman–Crippen LogP) is 3.00. The minimum absolute atomic E-state index is 0.00244. The van der Waals surface area contributed by atoms with E-state index < -0.39 is 5.97 Å². The maximum atomic E-state index is 12.9. The standard InChI is InChI=1S/C25H30N4O4/c1-2-23-22-15-20(6-5-19(22)9-10-28(23)17-24(30)31)25(32)27-21-7-3-18(4-8-21)16-26-29-11-13-33-14-12-29/h3-8,15-16,23H,2,9-14,17H2,1H3,(H,27,32)(H,30,31). The highest BCUT2D eigenvalue weighted by Gasteiger charge is 2.28. The van der Waals surface area contributed by atoms with Crippen LogP contribution in [0.3, 0.4) is 0 Å². The molecule has 2 aromatic rings. The van der Waals surface area contributed by atoms with Crippen molar-refractivity contribution in [3.63, 3.8) is 0 Å². The van der Waals surface area contributed by atoms with E-state index in [1.165, 1.54) is 5.56 Å². The van der Waals surface area contributed by atoms with Crippen molar-refractivity contribution in [2.24, 2.45) is 5.10 Å². The van der Waals surface area contributed by atoms with Crippen LogP contribution in [0, 0.1) is 0 Å². The summed E-state index contributed by atoms with van der Waals surface area (Å²) in [5.74, 6) is -1.01. The molecule has 1 atom stereocenters. The molecule has 174 valence electrons. The molecular formula is C25H30N4O4. The lowest BCUT2D eigenvalue weighted by Gasteiger charge is -2.36. The number of carbonyl (C=O) groups excluding carboxylic acids is 1. The molecule has 0 saturated carbocycles. The van der Waals surface area contributed by atoms with Crippen molar-refractivity contribution < 1.29 is 19.4 Å². The second kappa shape index (κ2) is 10.6. The average molecular weight is 451 g/mol. The Balaban J connectivity index is 1.42. The highest BCUT2D eigenvalue weighted by Crippen LogP contribution is 2.32. The van der Waals surface area contributed by atoms with Crippen LogP contribution in [0.5, 0.6) is 0 Å². The number of benzene rings is 2. The number of amides is 1. The number of hydrazone groups is 1. The third-order valence-electron chi connectivity index (χ3n) is 6.13. The van der Waals surface area contributed by atoms with Crippen LogP contribution >= 0.6 is 0 Å². The highest BCUT2D eigenvalue weighted by atomic mass is 16.5. The van der Waals surface area contributed by atoms with Crippen LogP contribution in [-0.2, 0) is 16.0 Å². The molecule has 1 unspecified atom stereocenters. The minimum atomic E-state index is -0.829. The topological polar surface area (TPSA) is 94.5 Å². The number of carbonyl (C=O) groups is 2. The molecule has 0 aromatic heterocycles.